The number of para-hydroxylation sites is 1. The van der Waals surface area contributed by atoms with Gasteiger partial charge in [0.2, 0.25) is 0 Å². The molecule has 2 aromatic carbocycles. The second-order valence-electron chi connectivity index (χ2n) is 5.86. The van der Waals surface area contributed by atoms with Crippen molar-refractivity contribution in [2.75, 3.05) is 27.2 Å². The van der Waals surface area contributed by atoms with Crippen LogP contribution in [0.2, 0.25) is 0 Å². The second-order valence-corrected chi connectivity index (χ2v) is 5.86. The Hall–Kier alpha value is -1.91. The van der Waals surface area contributed by atoms with Crippen molar-refractivity contribution in [1.29, 1.82) is 0 Å². The summed E-state index contributed by atoms with van der Waals surface area (Å²) in [6.07, 6.45) is 1.12. The highest BCUT2D eigenvalue weighted by molar-refractivity contribution is 5.33. The van der Waals surface area contributed by atoms with Gasteiger partial charge in [0.1, 0.15) is 18.2 Å². The fraction of sp³-hybridized carbons (Fsp3) is 0.368. The van der Waals surface area contributed by atoms with Crippen molar-refractivity contribution in [2.45, 2.75) is 19.6 Å². The van der Waals surface area contributed by atoms with E-state index in [9.17, 15) is 4.39 Å². The standard InChI is InChI=1S/C19H25FN2O/c1-22(2)13-5-12-21-14-17-6-3-4-7-19(17)23-15-16-8-10-18(20)11-9-16/h3-4,6-11,21H,5,12-15H2,1-2H3. The molecule has 3 nitrogen and oxygen atoms in total. The van der Waals surface area contributed by atoms with Gasteiger partial charge in [-0.15, -0.1) is 0 Å². The Morgan fingerprint density at radius 1 is 1.04 bits per heavy atom. The minimum atomic E-state index is -0.226. The van der Waals surface area contributed by atoms with Crippen molar-refractivity contribution in [2.24, 2.45) is 0 Å². The summed E-state index contributed by atoms with van der Waals surface area (Å²) in [7, 11) is 4.16. The number of nitrogens with zero attached hydrogens (tertiary/aromatic N) is 1. The average molecular weight is 316 g/mol. The number of hydrogen-bond acceptors (Lipinski definition) is 3. The summed E-state index contributed by atoms with van der Waals surface area (Å²) in [5.74, 6) is 0.646. The molecule has 0 aliphatic carbocycles. The average Bonchev–Trinajstić information content (AvgIpc) is 2.55. The van der Waals surface area contributed by atoms with E-state index < -0.39 is 0 Å². The van der Waals surface area contributed by atoms with E-state index in [2.05, 4.69) is 30.4 Å². The molecular weight excluding hydrogens is 291 g/mol. The van der Waals surface area contributed by atoms with Crippen molar-refractivity contribution in [1.82, 2.24) is 10.2 Å². The first-order valence-corrected chi connectivity index (χ1v) is 7.96. The molecule has 0 aliphatic rings. The maximum Gasteiger partial charge on any atom is 0.124 e. The lowest BCUT2D eigenvalue weighted by Crippen LogP contribution is -2.21. The van der Waals surface area contributed by atoms with Gasteiger partial charge >= 0.3 is 0 Å². The predicted molar refractivity (Wildman–Crippen MR) is 92.1 cm³/mol. The summed E-state index contributed by atoms with van der Waals surface area (Å²) < 4.78 is 18.8. The lowest BCUT2D eigenvalue weighted by Gasteiger charge is -2.13. The molecule has 2 aromatic rings. The number of nitrogens with one attached hydrogen (secondary N) is 1. The molecule has 4 heteroatoms. The first-order chi connectivity index (χ1) is 11.1. The molecule has 0 spiro atoms. The summed E-state index contributed by atoms with van der Waals surface area (Å²) in [6.45, 7) is 3.28. The minimum Gasteiger partial charge on any atom is -0.489 e. The van der Waals surface area contributed by atoms with E-state index in [1.54, 1.807) is 12.1 Å². The lowest BCUT2D eigenvalue weighted by molar-refractivity contribution is 0.302. The highest BCUT2D eigenvalue weighted by Gasteiger charge is 2.03. The van der Waals surface area contributed by atoms with Crippen LogP contribution in [0.3, 0.4) is 0 Å². The number of ether oxygens (including phenoxy) is 1. The Morgan fingerprint density at radius 3 is 2.52 bits per heavy atom. The van der Waals surface area contributed by atoms with Crippen molar-refractivity contribution < 1.29 is 9.13 Å². The summed E-state index contributed by atoms with van der Waals surface area (Å²) >= 11 is 0. The molecule has 0 aromatic heterocycles. The molecule has 0 heterocycles. The van der Waals surface area contributed by atoms with E-state index in [0.717, 1.165) is 42.9 Å². The molecule has 0 unspecified atom stereocenters. The normalized spacial score (nSPS) is 11.0. The minimum absolute atomic E-state index is 0.226. The SMILES string of the molecule is CN(C)CCCNCc1ccccc1OCc1ccc(F)cc1. The molecule has 0 bridgehead atoms. The third-order valence-electron chi connectivity index (χ3n) is 3.55. The number of rotatable bonds is 9. The first kappa shape index (κ1) is 17.4. The molecular formula is C19H25FN2O. The summed E-state index contributed by atoms with van der Waals surface area (Å²) in [5.41, 5.74) is 2.10. The van der Waals surface area contributed by atoms with Crippen molar-refractivity contribution in [3.05, 3.63) is 65.5 Å². The fourth-order valence-electron chi connectivity index (χ4n) is 2.28. The third-order valence-corrected chi connectivity index (χ3v) is 3.55. The molecule has 124 valence electrons. The van der Waals surface area contributed by atoms with Crippen molar-refractivity contribution >= 4 is 0 Å². The van der Waals surface area contributed by atoms with E-state index in [4.69, 9.17) is 4.74 Å². The maximum atomic E-state index is 12.9. The van der Waals surface area contributed by atoms with Crippen LogP contribution in [0, 0.1) is 5.82 Å². The van der Waals surface area contributed by atoms with Gasteiger partial charge in [0.25, 0.3) is 0 Å². The van der Waals surface area contributed by atoms with E-state index in [1.807, 2.05) is 18.2 Å². The number of hydrogen-bond donors (Lipinski definition) is 1. The van der Waals surface area contributed by atoms with Crippen LogP contribution in [0.15, 0.2) is 48.5 Å². The largest absolute Gasteiger partial charge is 0.489 e. The Morgan fingerprint density at radius 2 is 1.78 bits per heavy atom. The van der Waals surface area contributed by atoms with Crippen LogP contribution < -0.4 is 10.1 Å². The van der Waals surface area contributed by atoms with E-state index >= 15 is 0 Å². The van der Waals surface area contributed by atoms with E-state index in [1.165, 1.54) is 12.1 Å². The topological polar surface area (TPSA) is 24.5 Å². The van der Waals surface area contributed by atoms with Crippen LogP contribution in [-0.2, 0) is 13.2 Å². The Bertz CT molecular complexity index is 584. The van der Waals surface area contributed by atoms with Gasteiger partial charge in [-0.1, -0.05) is 30.3 Å². The molecule has 0 radical (unpaired) electrons. The second kappa shape index (κ2) is 9.28. The Kier molecular flexibility index (Phi) is 7.04. The zero-order valence-electron chi connectivity index (χ0n) is 13.9. The third kappa shape index (κ3) is 6.38. The lowest BCUT2D eigenvalue weighted by atomic mass is 10.2. The molecule has 0 amide bonds. The van der Waals surface area contributed by atoms with Gasteiger partial charge in [-0.3, -0.25) is 0 Å². The summed E-state index contributed by atoms with van der Waals surface area (Å²) in [4.78, 5) is 2.18. The van der Waals surface area contributed by atoms with E-state index in [0.29, 0.717) is 6.61 Å². The smallest absolute Gasteiger partial charge is 0.124 e. The van der Waals surface area contributed by atoms with Gasteiger partial charge in [-0.25, -0.2) is 4.39 Å². The van der Waals surface area contributed by atoms with Crippen molar-refractivity contribution in [3.8, 4) is 5.75 Å². The van der Waals surface area contributed by atoms with Crippen LogP contribution >= 0.6 is 0 Å². The fourth-order valence-corrected chi connectivity index (χ4v) is 2.28. The monoisotopic (exact) mass is 316 g/mol. The number of halogens is 1. The molecule has 0 atom stereocenters. The van der Waals surface area contributed by atoms with Crippen LogP contribution in [0.4, 0.5) is 4.39 Å². The highest BCUT2D eigenvalue weighted by atomic mass is 19.1. The Balaban J connectivity index is 1.83. The van der Waals surface area contributed by atoms with Crippen LogP contribution in [0.25, 0.3) is 0 Å². The first-order valence-electron chi connectivity index (χ1n) is 7.96. The van der Waals surface area contributed by atoms with Crippen LogP contribution in [0.1, 0.15) is 17.5 Å². The zero-order valence-corrected chi connectivity index (χ0v) is 13.9. The van der Waals surface area contributed by atoms with Crippen LogP contribution in [-0.4, -0.2) is 32.1 Å². The van der Waals surface area contributed by atoms with Gasteiger partial charge in [0.15, 0.2) is 0 Å². The van der Waals surface area contributed by atoms with Crippen LogP contribution in [0.5, 0.6) is 5.75 Å². The molecule has 0 saturated carbocycles. The molecule has 2 rings (SSSR count). The molecule has 0 saturated heterocycles. The summed E-state index contributed by atoms with van der Waals surface area (Å²) in [5, 5.41) is 3.45. The molecule has 23 heavy (non-hydrogen) atoms. The van der Waals surface area contributed by atoms with E-state index in [-0.39, 0.29) is 5.82 Å². The molecule has 0 fully saturated rings. The van der Waals surface area contributed by atoms with Gasteiger partial charge in [0, 0.05) is 12.1 Å². The van der Waals surface area contributed by atoms with Gasteiger partial charge in [0.05, 0.1) is 0 Å². The van der Waals surface area contributed by atoms with Gasteiger partial charge in [-0.05, 0) is 57.4 Å². The molecule has 0 aliphatic heterocycles. The highest BCUT2D eigenvalue weighted by Crippen LogP contribution is 2.19. The molecule has 1 N–H and O–H groups in total. The maximum absolute atomic E-state index is 12.9. The van der Waals surface area contributed by atoms with Gasteiger partial charge in [-0.2, -0.15) is 0 Å². The summed E-state index contributed by atoms with van der Waals surface area (Å²) in [6, 6.07) is 14.4. The van der Waals surface area contributed by atoms with Gasteiger partial charge < -0.3 is 15.0 Å². The zero-order chi connectivity index (χ0) is 16.5. The predicted octanol–water partition coefficient (Wildman–Crippen LogP) is 3.45. The quantitative estimate of drug-likeness (QED) is 0.717. The number of benzene rings is 2. The Labute approximate surface area is 138 Å². The van der Waals surface area contributed by atoms with Crippen molar-refractivity contribution in [3.63, 3.8) is 0 Å².